The van der Waals surface area contributed by atoms with Crippen LogP contribution in [0.4, 0.5) is 10.5 Å². The first-order chi connectivity index (χ1) is 14.8. The van der Waals surface area contributed by atoms with E-state index in [1.807, 2.05) is 24.3 Å². The number of carbonyl (C=O) groups is 1. The highest BCUT2D eigenvalue weighted by atomic mass is 35.5. The van der Waals surface area contributed by atoms with Crippen LogP contribution in [0.5, 0.6) is 5.75 Å². The van der Waals surface area contributed by atoms with Crippen LogP contribution in [0, 0.1) is 0 Å². The average molecular weight is 499 g/mol. The van der Waals surface area contributed by atoms with Crippen molar-refractivity contribution in [3.05, 3.63) is 42.5 Å². The molecule has 0 unspecified atom stereocenters. The summed E-state index contributed by atoms with van der Waals surface area (Å²) in [6.45, 7) is 11.1. The highest BCUT2D eigenvalue weighted by Crippen LogP contribution is 2.42. The molecule has 10 heteroatoms. The third-order valence-corrected chi connectivity index (χ3v) is 10.9. The van der Waals surface area contributed by atoms with Gasteiger partial charge in [0.05, 0.1) is 10.6 Å². The normalized spacial score (nSPS) is 12.3. The van der Waals surface area contributed by atoms with Gasteiger partial charge in [-0.05, 0) is 42.8 Å². The quantitative estimate of drug-likeness (QED) is 0.186. The van der Waals surface area contributed by atoms with E-state index in [-0.39, 0.29) is 15.6 Å². The molecule has 0 aromatic heterocycles. The van der Waals surface area contributed by atoms with Crippen molar-refractivity contribution in [2.24, 2.45) is 0 Å². The zero-order valence-electron chi connectivity index (χ0n) is 19.0. The summed E-state index contributed by atoms with van der Waals surface area (Å²) in [4.78, 5) is 12.1. The maximum absolute atomic E-state index is 12.4. The molecule has 176 valence electrons. The number of hydrogen-bond acceptors (Lipinski definition) is 4. The van der Waals surface area contributed by atoms with Crippen LogP contribution in [0.2, 0.25) is 18.1 Å². The minimum atomic E-state index is -4.45. The maximum atomic E-state index is 12.4. The third kappa shape index (κ3) is 6.71. The van der Waals surface area contributed by atoms with Crippen LogP contribution in [0.25, 0.3) is 11.1 Å². The van der Waals surface area contributed by atoms with Gasteiger partial charge >= 0.3 is 6.03 Å². The number of para-hydroxylation sites is 1. The molecule has 0 spiro atoms. The van der Waals surface area contributed by atoms with Gasteiger partial charge in [-0.15, -0.1) is 11.6 Å². The molecule has 0 aliphatic heterocycles. The molecule has 2 aromatic carbocycles. The van der Waals surface area contributed by atoms with Crippen LogP contribution >= 0.6 is 11.6 Å². The number of anilines is 1. The minimum Gasteiger partial charge on any atom is -0.543 e. The molecular weight excluding hydrogens is 468 g/mol. The molecular formula is C22H31ClN2O5SSi. The number of benzene rings is 2. The molecule has 0 atom stereocenters. The van der Waals surface area contributed by atoms with Gasteiger partial charge in [-0.3, -0.25) is 4.55 Å². The Kier molecular flexibility index (Phi) is 8.38. The van der Waals surface area contributed by atoms with Crippen LogP contribution in [0.15, 0.2) is 47.4 Å². The Morgan fingerprint density at radius 2 is 1.78 bits per heavy atom. The van der Waals surface area contributed by atoms with Crippen molar-refractivity contribution in [3.8, 4) is 16.9 Å². The van der Waals surface area contributed by atoms with E-state index in [1.54, 1.807) is 6.07 Å². The molecule has 0 aliphatic rings. The fourth-order valence-corrected chi connectivity index (χ4v) is 4.34. The molecule has 2 aromatic rings. The number of nitrogens with one attached hydrogen (secondary N) is 2. The lowest BCUT2D eigenvalue weighted by molar-refractivity contribution is 0.252. The molecule has 0 radical (unpaired) electrons. The summed E-state index contributed by atoms with van der Waals surface area (Å²) in [7, 11) is -6.62. The number of hydrogen-bond donors (Lipinski definition) is 3. The topological polar surface area (TPSA) is 105 Å². The van der Waals surface area contributed by atoms with Crippen LogP contribution in [-0.2, 0) is 10.1 Å². The highest BCUT2D eigenvalue weighted by Gasteiger charge is 2.39. The Hall–Kier alpha value is -2.07. The first-order valence-corrected chi connectivity index (χ1v) is 15.2. The summed E-state index contributed by atoms with van der Waals surface area (Å²) in [5.41, 5.74) is 1.50. The van der Waals surface area contributed by atoms with Gasteiger partial charge in [0.1, 0.15) is 5.75 Å². The van der Waals surface area contributed by atoms with Crippen LogP contribution in [0.1, 0.15) is 27.2 Å². The summed E-state index contributed by atoms with van der Waals surface area (Å²) in [6, 6.07) is 11.0. The average Bonchev–Trinajstić information content (AvgIpc) is 2.67. The van der Waals surface area contributed by atoms with E-state index in [2.05, 4.69) is 44.5 Å². The summed E-state index contributed by atoms with van der Waals surface area (Å²) < 4.78 is 39.4. The number of urea groups is 1. The number of alkyl halides is 1. The van der Waals surface area contributed by atoms with E-state index in [1.165, 1.54) is 12.1 Å². The number of halogens is 1. The van der Waals surface area contributed by atoms with E-state index in [4.69, 9.17) is 16.0 Å². The number of amides is 2. The van der Waals surface area contributed by atoms with Gasteiger partial charge in [0, 0.05) is 23.6 Å². The fourth-order valence-electron chi connectivity index (χ4n) is 2.66. The largest absolute Gasteiger partial charge is 0.543 e. The van der Waals surface area contributed by atoms with Gasteiger partial charge in [-0.2, -0.15) is 8.42 Å². The second-order valence-corrected chi connectivity index (χ2v) is 15.5. The predicted octanol–water partition coefficient (Wildman–Crippen LogP) is 5.73. The predicted molar refractivity (Wildman–Crippen MR) is 132 cm³/mol. The summed E-state index contributed by atoms with van der Waals surface area (Å²) in [6.07, 6.45) is 0.593. The van der Waals surface area contributed by atoms with Crippen molar-refractivity contribution >= 4 is 41.8 Å². The van der Waals surface area contributed by atoms with Gasteiger partial charge < -0.3 is 15.1 Å². The van der Waals surface area contributed by atoms with E-state index in [0.29, 0.717) is 35.7 Å². The van der Waals surface area contributed by atoms with Gasteiger partial charge in [-0.25, -0.2) is 4.79 Å². The molecule has 0 saturated heterocycles. The molecule has 0 fully saturated rings. The Bertz CT molecular complexity index is 1070. The maximum Gasteiger partial charge on any atom is 0.319 e. The van der Waals surface area contributed by atoms with Crippen LogP contribution in [0.3, 0.4) is 0 Å². The van der Waals surface area contributed by atoms with E-state index < -0.39 is 24.5 Å². The fraction of sp³-hybridized carbons (Fsp3) is 0.409. The van der Waals surface area contributed by atoms with Gasteiger partial charge in [0.2, 0.25) is 0 Å². The van der Waals surface area contributed by atoms with Crippen molar-refractivity contribution < 1.29 is 22.2 Å². The molecule has 0 saturated carbocycles. The molecule has 2 rings (SSSR count). The van der Waals surface area contributed by atoms with Crippen molar-refractivity contribution in [2.75, 3.05) is 17.7 Å². The molecule has 2 amide bonds. The monoisotopic (exact) mass is 498 g/mol. The lowest BCUT2D eigenvalue weighted by Gasteiger charge is -2.37. The Morgan fingerprint density at radius 3 is 2.38 bits per heavy atom. The van der Waals surface area contributed by atoms with E-state index in [9.17, 15) is 17.8 Å². The summed E-state index contributed by atoms with van der Waals surface area (Å²) >= 11 is 5.65. The third-order valence-electron chi connectivity index (χ3n) is 5.48. The first kappa shape index (κ1) is 26.2. The van der Waals surface area contributed by atoms with Gasteiger partial charge in [0.25, 0.3) is 18.4 Å². The van der Waals surface area contributed by atoms with E-state index in [0.717, 1.165) is 0 Å². The van der Waals surface area contributed by atoms with E-state index >= 15 is 0 Å². The lowest BCUT2D eigenvalue weighted by Crippen LogP contribution is -2.44. The van der Waals surface area contributed by atoms with Gasteiger partial charge in [0.15, 0.2) is 0 Å². The van der Waals surface area contributed by atoms with Crippen molar-refractivity contribution in [2.45, 2.75) is 50.2 Å². The molecule has 3 N–H and O–H groups in total. The minimum absolute atomic E-state index is 0.0294. The zero-order valence-corrected chi connectivity index (χ0v) is 21.6. The lowest BCUT2D eigenvalue weighted by atomic mass is 10.0. The molecule has 0 aliphatic carbocycles. The second-order valence-electron chi connectivity index (χ2n) is 8.96. The second kappa shape index (κ2) is 10.2. The SMILES string of the molecule is CC(C)(C)[Si](C)(C)Oc1ccccc1-c1ccc(S(=O)(=O)O)cc1NC(=O)NCCCCl. The van der Waals surface area contributed by atoms with Crippen LogP contribution < -0.4 is 15.1 Å². The smallest absolute Gasteiger partial charge is 0.319 e. The first-order valence-electron chi connectivity index (χ1n) is 10.3. The Morgan fingerprint density at radius 1 is 1.12 bits per heavy atom. The van der Waals surface area contributed by atoms with Crippen molar-refractivity contribution in [1.82, 2.24) is 5.32 Å². The number of rotatable bonds is 8. The summed E-state index contributed by atoms with van der Waals surface area (Å²) in [5, 5.41) is 5.33. The van der Waals surface area contributed by atoms with Crippen molar-refractivity contribution in [3.63, 3.8) is 0 Å². The Balaban J connectivity index is 2.54. The molecule has 0 heterocycles. The summed E-state index contributed by atoms with van der Waals surface area (Å²) in [5.74, 6) is 1.05. The molecule has 32 heavy (non-hydrogen) atoms. The van der Waals surface area contributed by atoms with Crippen LogP contribution in [-0.4, -0.2) is 39.7 Å². The standard InChI is InChI=1S/C22H31ClN2O5SSi/c1-22(2,3)32(4,5)30-20-10-7-6-9-18(20)17-12-11-16(31(27,28)29)15-19(17)25-21(26)24-14-8-13-23/h6-7,9-12,15H,8,13-14H2,1-5H3,(H2,24,25,26)(H,27,28,29). The van der Waals surface area contributed by atoms with Gasteiger partial charge in [-0.1, -0.05) is 45.0 Å². The van der Waals surface area contributed by atoms with Crippen molar-refractivity contribution in [1.29, 1.82) is 0 Å². The number of carbonyl (C=O) groups excluding carboxylic acids is 1. The molecule has 7 nitrogen and oxygen atoms in total. The highest BCUT2D eigenvalue weighted by molar-refractivity contribution is 7.85. The molecule has 0 bridgehead atoms. The zero-order chi connectivity index (χ0) is 24.2. The Labute approximate surface area is 196 Å².